The van der Waals surface area contributed by atoms with E-state index >= 15 is 0 Å². The molecule has 5 rings (SSSR count). The van der Waals surface area contributed by atoms with Gasteiger partial charge in [-0.15, -0.1) is 0 Å². The number of carbonyl (C=O) groups is 2. The summed E-state index contributed by atoms with van der Waals surface area (Å²) in [6.45, 7) is 8.52. The molecule has 4 heterocycles. The van der Waals surface area contributed by atoms with Gasteiger partial charge in [-0.3, -0.25) is 4.84 Å². The Balaban J connectivity index is 1.76. The molecule has 0 saturated carbocycles. The van der Waals surface area contributed by atoms with Crippen molar-refractivity contribution in [3.63, 3.8) is 0 Å². The average molecular weight is 323 g/mol. The van der Waals surface area contributed by atoms with Crippen LogP contribution in [0.3, 0.4) is 0 Å². The number of hydrogen-bond donors (Lipinski definition) is 0. The highest BCUT2D eigenvalue weighted by molar-refractivity contribution is 5.95. The number of nitrogens with zero attached hydrogens (tertiary/aromatic N) is 1. The Morgan fingerprint density at radius 1 is 1.35 bits per heavy atom. The molecular formula is C16H21NO6. The zero-order valence-corrected chi connectivity index (χ0v) is 13.8. The fourth-order valence-electron chi connectivity index (χ4n) is 4.10. The molecule has 0 N–H and O–H groups in total. The van der Waals surface area contributed by atoms with E-state index in [4.69, 9.17) is 19.0 Å². The summed E-state index contributed by atoms with van der Waals surface area (Å²) in [5.74, 6) is -0.366. The number of amides is 1. The van der Waals surface area contributed by atoms with Crippen LogP contribution >= 0.6 is 0 Å². The maximum Gasteiger partial charge on any atom is 0.435 e. The molecule has 2 bridgehead atoms. The van der Waals surface area contributed by atoms with E-state index in [0.717, 1.165) is 5.57 Å². The minimum atomic E-state index is -0.819. The first-order valence-corrected chi connectivity index (χ1v) is 7.87. The molecule has 3 atom stereocenters. The predicted molar refractivity (Wildman–Crippen MR) is 77.2 cm³/mol. The van der Waals surface area contributed by atoms with Gasteiger partial charge in [-0.1, -0.05) is 6.92 Å². The fourth-order valence-corrected chi connectivity index (χ4v) is 4.10. The molecule has 2 saturated heterocycles. The summed E-state index contributed by atoms with van der Waals surface area (Å²) in [5, 5.41) is 1.22. The van der Waals surface area contributed by atoms with E-state index in [1.54, 1.807) is 20.8 Å². The monoisotopic (exact) mass is 323 g/mol. The summed E-state index contributed by atoms with van der Waals surface area (Å²) in [6, 6.07) is -0.483. The predicted octanol–water partition coefficient (Wildman–Crippen LogP) is 1.57. The average Bonchev–Trinajstić information content (AvgIpc) is 2.97. The van der Waals surface area contributed by atoms with Crippen molar-refractivity contribution in [3.05, 3.63) is 11.1 Å². The highest BCUT2D eigenvalue weighted by atomic mass is 16.8. The van der Waals surface area contributed by atoms with Gasteiger partial charge in [0.05, 0.1) is 24.8 Å². The molecule has 0 radical (unpaired) electrons. The quantitative estimate of drug-likeness (QED) is 0.630. The molecule has 23 heavy (non-hydrogen) atoms. The third-order valence-electron chi connectivity index (χ3n) is 5.17. The molecule has 1 spiro atoms. The minimum Gasteiger partial charge on any atom is -0.458 e. The van der Waals surface area contributed by atoms with Crippen molar-refractivity contribution >= 4 is 12.1 Å². The number of hydroxylamine groups is 2. The second-order valence-electron chi connectivity index (χ2n) is 7.97. The van der Waals surface area contributed by atoms with E-state index in [2.05, 4.69) is 6.92 Å². The lowest BCUT2D eigenvalue weighted by Crippen LogP contribution is -2.67. The van der Waals surface area contributed by atoms with Gasteiger partial charge >= 0.3 is 12.1 Å². The molecule has 5 aliphatic rings. The summed E-state index contributed by atoms with van der Waals surface area (Å²) >= 11 is 0. The minimum absolute atomic E-state index is 0.214. The molecule has 1 amide bonds. The normalized spacial score (nSPS) is 38.5. The zero-order chi connectivity index (χ0) is 16.6. The van der Waals surface area contributed by atoms with Gasteiger partial charge in [0, 0.05) is 11.0 Å². The number of fused-ring (bicyclic) bond motifs is 1. The summed E-state index contributed by atoms with van der Waals surface area (Å²) in [7, 11) is 0. The Morgan fingerprint density at radius 3 is 2.78 bits per heavy atom. The van der Waals surface area contributed by atoms with Gasteiger partial charge < -0.3 is 14.2 Å². The fraction of sp³-hybridized carbons (Fsp3) is 0.750. The van der Waals surface area contributed by atoms with Crippen LogP contribution in [-0.4, -0.2) is 54.2 Å². The van der Waals surface area contributed by atoms with Crippen LogP contribution in [0.25, 0.3) is 0 Å². The number of esters is 1. The summed E-state index contributed by atoms with van der Waals surface area (Å²) in [4.78, 5) is 30.9. The lowest BCUT2D eigenvalue weighted by atomic mass is 9.61. The van der Waals surface area contributed by atoms with Crippen LogP contribution in [0.4, 0.5) is 4.79 Å². The maximum absolute atomic E-state index is 12.6. The van der Waals surface area contributed by atoms with Crippen molar-refractivity contribution in [3.8, 4) is 0 Å². The molecule has 1 aliphatic carbocycles. The van der Waals surface area contributed by atoms with Gasteiger partial charge in [0.15, 0.2) is 5.60 Å². The van der Waals surface area contributed by atoms with E-state index in [0.29, 0.717) is 25.2 Å². The molecule has 7 nitrogen and oxygen atoms in total. The summed E-state index contributed by atoms with van der Waals surface area (Å²) < 4.78 is 16.4. The second-order valence-corrected chi connectivity index (χ2v) is 7.97. The molecule has 0 aromatic carbocycles. The molecule has 2 fully saturated rings. The largest absolute Gasteiger partial charge is 0.458 e. The summed E-state index contributed by atoms with van der Waals surface area (Å²) in [5.41, 5.74) is -0.357. The SMILES string of the molecule is CC(C)(C)OC(=O)N1O[C@@]23COC[C@@]2(C)C[C@@H]1C1=C3COC1=O. The van der Waals surface area contributed by atoms with Gasteiger partial charge in [-0.25, -0.2) is 9.59 Å². The standard InChI is InChI=1S/C16H21NO6/c1-14(2,3)22-13(19)17-10-5-15(4)7-20-8-16(15,23-17)9-6-21-12(18)11(9)10/h10H,5-8H2,1-4H3/t10-,15-,16-/m1/s1. The summed E-state index contributed by atoms with van der Waals surface area (Å²) in [6.07, 6.45) is 0.0160. The van der Waals surface area contributed by atoms with Crippen molar-refractivity contribution < 1.29 is 28.6 Å². The Morgan fingerprint density at radius 2 is 2.09 bits per heavy atom. The maximum atomic E-state index is 12.6. The van der Waals surface area contributed by atoms with Gasteiger partial charge in [0.2, 0.25) is 0 Å². The first kappa shape index (κ1) is 15.0. The number of cyclic esters (lactones) is 1. The number of carbonyl (C=O) groups excluding carboxylic acids is 2. The van der Waals surface area contributed by atoms with Crippen molar-refractivity contribution in [2.45, 2.75) is 51.4 Å². The molecule has 126 valence electrons. The van der Waals surface area contributed by atoms with E-state index in [9.17, 15) is 9.59 Å². The molecular weight excluding hydrogens is 302 g/mol. The Labute approximate surface area is 134 Å². The van der Waals surface area contributed by atoms with Gasteiger partial charge in [0.1, 0.15) is 12.2 Å². The first-order chi connectivity index (χ1) is 10.7. The smallest absolute Gasteiger partial charge is 0.435 e. The Kier molecular flexibility index (Phi) is 2.78. The molecule has 0 unspecified atom stereocenters. The Hall–Kier alpha value is -1.60. The molecule has 0 aromatic heterocycles. The van der Waals surface area contributed by atoms with Crippen LogP contribution in [0.15, 0.2) is 11.1 Å². The van der Waals surface area contributed by atoms with E-state index in [1.807, 2.05) is 0 Å². The van der Waals surface area contributed by atoms with Gasteiger partial charge in [-0.05, 0) is 27.2 Å². The van der Waals surface area contributed by atoms with Crippen LogP contribution < -0.4 is 0 Å². The molecule has 7 heteroatoms. The topological polar surface area (TPSA) is 74.3 Å². The van der Waals surface area contributed by atoms with E-state index in [-0.39, 0.29) is 18.0 Å². The van der Waals surface area contributed by atoms with Crippen molar-refractivity contribution in [2.75, 3.05) is 19.8 Å². The van der Waals surface area contributed by atoms with Crippen LogP contribution in [0, 0.1) is 5.41 Å². The third-order valence-corrected chi connectivity index (χ3v) is 5.17. The number of ether oxygens (including phenoxy) is 3. The van der Waals surface area contributed by atoms with Crippen molar-refractivity contribution in [2.24, 2.45) is 5.41 Å². The van der Waals surface area contributed by atoms with Crippen LogP contribution in [0.5, 0.6) is 0 Å². The van der Waals surface area contributed by atoms with Crippen molar-refractivity contribution in [1.82, 2.24) is 5.06 Å². The van der Waals surface area contributed by atoms with Gasteiger partial charge in [-0.2, -0.15) is 5.06 Å². The lowest BCUT2D eigenvalue weighted by molar-refractivity contribution is -0.295. The lowest BCUT2D eigenvalue weighted by Gasteiger charge is -2.56. The van der Waals surface area contributed by atoms with Gasteiger partial charge in [0.25, 0.3) is 0 Å². The molecule has 4 aliphatic heterocycles. The molecule has 0 aromatic rings. The number of hydrogen-bond acceptors (Lipinski definition) is 6. The highest BCUT2D eigenvalue weighted by Crippen LogP contribution is 2.59. The van der Waals surface area contributed by atoms with Crippen LogP contribution in [0.1, 0.15) is 34.1 Å². The van der Waals surface area contributed by atoms with Crippen molar-refractivity contribution in [1.29, 1.82) is 0 Å². The first-order valence-electron chi connectivity index (χ1n) is 7.87. The Bertz CT molecular complexity index is 635. The second kappa shape index (κ2) is 4.27. The van der Waals surface area contributed by atoms with E-state index < -0.39 is 23.3 Å². The van der Waals surface area contributed by atoms with E-state index in [1.165, 1.54) is 5.06 Å². The third kappa shape index (κ3) is 1.83. The van der Waals surface area contributed by atoms with Crippen LogP contribution in [0.2, 0.25) is 0 Å². The van der Waals surface area contributed by atoms with Crippen LogP contribution in [-0.2, 0) is 23.8 Å². The zero-order valence-electron chi connectivity index (χ0n) is 13.8. The highest BCUT2D eigenvalue weighted by Gasteiger charge is 2.70. The number of rotatable bonds is 0.